The molecule has 0 aliphatic heterocycles. The lowest BCUT2D eigenvalue weighted by Crippen LogP contribution is -1.98. The molecule has 0 aromatic heterocycles. The van der Waals surface area contributed by atoms with Gasteiger partial charge >= 0.3 is 0 Å². The molecule has 0 bridgehead atoms. The fourth-order valence-corrected chi connectivity index (χ4v) is 2.44. The van der Waals surface area contributed by atoms with Crippen LogP contribution in [0, 0.1) is 0 Å². The van der Waals surface area contributed by atoms with Gasteiger partial charge in [-0.2, -0.15) is 0 Å². The predicted molar refractivity (Wildman–Crippen MR) is 86.4 cm³/mol. The molecule has 0 aliphatic carbocycles. The van der Waals surface area contributed by atoms with E-state index in [2.05, 4.69) is 33.8 Å². The average Bonchev–Trinajstić information content (AvgIpc) is 2.43. The van der Waals surface area contributed by atoms with Crippen LogP contribution in [0.5, 0.6) is 0 Å². The standard InChI is InChI=1S/C18H34O/c1-6-9-11-12-13-14-16(4)18(19-5)17(8-3)15-10-7-2/h8H,6-7,9-15H2,1-5H3. The lowest BCUT2D eigenvalue weighted by atomic mass is 10.00. The van der Waals surface area contributed by atoms with Crippen LogP contribution in [-0.2, 0) is 4.74 Å². The van der Waals surface area contributed by atoms with Crippen LogP contribution in [0.4, 0.5) is 0 Å². The summed E-state index contributed by atoms with van der Waals surface area (Å²) in [5.74, 6) is 1.14. The van der Waals surface area contributed by atoms with Gasteiger partial charge < -0.3 is 4.74 Å². The number of hydrogen-bond donors (Lipinski definition) is 0. The number of methoxy groups -OCH3 is 1. The van der Waals surface area contributed by atoms with E-state index in [0.717, 1.165) is 12.2 Å². The van der Waals surface area contributed by atoms with Gasteiger partial charge in [0.25, 0.3) is 0 Å². The number of ether oxygens (including phenoxy) is 1. The molecule has 112 valence electrons. The minimum absolute atomic E-state index is 1.14. The molecular formula is C18H34O. The molecule has 0 heterocycles. The molecule has 0 aromatic rings. The number of hydrogen-bond acceptors (Lipinski definition) is 1. The lowest BCUT2D eigenvalue weighted by molar-refractivity contribution is 0.291. The van der Waals surface area contributed by atoms with Crippen LogP contribution in [0.3, 0.4) is 0 Å². The predicted octanol–water partition coefficient (Wildman–Crippen LogP) is 6.40. The van der Waals surface area contributed by atoms with E-state index in [9.17, 15) is 0 Å². The van der Waals surface area contributed by atoms with Crippen molar-refractivity contribution in [3.63, 3.8) is 0 Å². The Morgan fingerprint density at radius 2 is 1.53 bits per heavy atom. The molecule has 0 radical (unpaired) electrons. The normalized spacial score (nSPS) is 13.4. The van der Waals surface area contributed by atoms with Crippen LogP contribution in [0.15, 0.2) is 23.0 Å². The maximum atomic E-state index is 5.65. The molecule has 0 unspecified atom stereocenters. The van der Waals surface area contributed by atoms with Crippen LogP contribution < -0.4 is 0 Å². The topological polar surface area (TPSA) is 9.23 Å². The van der Waals surface area contributed by atoms with E-state index in [0.29, 0.717) is 0 Å². The SMILES string of the molecule is CC=C(CCCC)C(OC)=C(C)CCCCCCC. The molecule has 0 amide bonds. The van der Waals surface area contributed by atoms with Crippen molar-refractivity contribution >= 4 is 0 Å². The zero-order valence-corrected chi connectivity index (χ0v) is 13.8. The first-order valence-electron chi connectivity index (χ1n) is 8.10. The van der Waals surface area contributed by atoms with E-state index in [-0.39, 0.29) is 0 Å². The third-order valence-corrected chi connectivity index (χ3v) is 3.69. The van der Waals surface area contributed by atoms with E-state index >= 15 is 0 Å². The Labute approximate surface area is 121 Å². The van der Waals surface area contributed by atoms with Gasteiger partial charge in [0, 0.05) is 0 Å². The highest BCUT2D eigenvalue weighted by Crippen LogP contribution is 2.24. The molecule has 0 spiro atoms. The van der Waals surface area contributed by atoms with Gasteiger partial charge in [-0.25, -0.2) is 0 Å². The van der Waals surface area contributed by atoms with E-state index in [4.69, 9.17) is 4.74 Å². The summed E-state index contributed by atoms with van der Waals surface area (Å²) in [4.78, 5) is 0. The van der Waals surface area contributed by atoms with Gasteiger partial charge in [-0.05, 0) is 50.7 Å². The fourth-order valence-electron chi connectivity index (χ4n) is 2.44. The third-order valence-electron chi connectivity index (χ3n) is 3.69. The first-order chi connectivity index (χ1) is 9.21. The number of rotatable bonds is 11. The second-order valence-electron chi connectivity index (χ2n) is 5.40. The summed E-state index contributed by atoms with van der Waals surface area (Å²) >= 11 is 0. The summed E-state index contributed by atoms with van der Waals surface area (Å²) < 4.78 is 5.65. The Balaban J connectivity index is 4.38. The average molecular weight is 266 g/mol. The quantitative estimate of drug-likeness (QED) is 0.239. The van der Waals surface area contributed by atoms with Crippen LogP contribution in [0.2, 0.25) is 0 Å². The van der Waals surface area contributed by atoms with E-state index < -0.39 is 0 Å². The summed E-state index contributed by atoms with van der Waals surface area (Å²) in [5, 5.41) is 0. The highest BCUT2D eigenvalue weighted by Gasteiger charge is 2.08. The second kappa shape index (κ2) is 12.3. The van der Waals surface area contributed by atoms with E-state index in [1.807, 2.05) is 7.11 Å². The van der Waals surface area contributed by atoms with Crippen molar-refractivity contribution < 1.29 is 4.74 Å². The molecule has 0 rings (SSSR count). The Bertz CT molecular complexity index is 273. The van der Waals surface area contributed by atoms with Crippen LogP contribution in [0.1, 0.15) is 85.5 Å². The molecule has 0 fully saturated rings. The summed E-state index contributed by atoms with van der Waals surface area (Å²) in [7, 11) is 1.81. The van der Waals surface area contributed by atoms with E-state index in [1.165, 1.54) is 62.5 Å². The third kappa shape index (κ3) is 8.13. The highest BCUT2D eigenvalue weighted by atomic mass is 16.5. The van der Waals surface area contributed by atoms with Crippen molar-refractivity contribution in [2.75, 3.05) is 7.11 Å². The molecule has 0 atom stereocenters. The summed E-state index contributed by atoms with van der Waals surface area (Å²) in [6.07, 6.45) is 13.7. The number of allylic oxidation sites excluding steroid dienone is 3. The fraction of sp³-hybridized carbons (Fsp3) is 0.778. The molecule has 0 saturated carbocycles. The summed E-state index contributed by atoms with van der Waals surface area (Å²) in [6, 6.07) is 0. The van der Waals surface area contributed by atoms with Crippen molar-refractivity contribution in [1.82, 2.24) is 0 Å². The summed E-state index contributed by atoms with van der Waals surface area (Å²) in [6.45, 7) is 8.86. The van der Waals surface area contributed by atoms with Crippen LogP contribution >= 0.6 is 0 Å². The van der Waals surface area contributed by atoms with Gasteiger partial charge in [-0.1, -0.05) is 52.0 Å². The molecule has 19 heavy (non-hydrogen) atoms. The van der Waals surface area contributed by atoms with Gasteiger partial charge in [-0.15, -0.1) is 0 Å². The Hall–Kier alpha value is -0.720. The molecule has 0 aliphatic rings. The van der Waals surface area contributed by atoms with Gasteiger partial charge in [0.2, 0.25) is 0 Å². The lowest BCUT2D eigenvalue weighted by Gasteiger charge is -2.14. The molecule has 1 nitrogen and oxygen atoms in total. The minimum Gasteiger partial charge on any atom is -0.497 e. The minimum atomic E-state index is 1.14. The smallest absolute Gasteiger partial charge is 0.120 e. The second-order valence-corrected chi connectivity index (χ2v) is 5.40. The van der Waals surface area contributed by atoms with Gasteiger partial charge in [-0.3, -0.25) is 0 Å². The molecule has 0 aromatic carbocycles. The van der Waals surface area contributed by atoms with Crippen LogP contribution in [0.25, 0.3) is 0 Å². The van der Waals surface area contributed by atoms with Gasteiger partial charge in [0.15, 0.2) is 0 Å². The van der Waals surface area contributed by atoms with Crippen molar-refractivity contribution in [1.29, 1.82) is 0 Å². The van der Waals surface area contributed by atoms with Crippen molar-refractivity contribution in [2.45, 2.75) is 85.5 Å². The molecule has 0 N–H and O–H groups in total. The molecule has 1 heteroatoms. The monoisotopic (exact) mass is 266 g/mol. The Morgan fingerprint density at radius 1 is 0.895 bits per heavy atom. The van der Waals surface area contributed by atoms with E-state index in [1.54, 1.807) is 0 Å². The highest BCUT2D eigenvalue weighted by molar-refractivity contribution is 5.29. The Morgan fingerprint density at radius 3 is 2.05 bits per heavy atom. The van der Waals surface area contributed by atoms with Crippen molar-refractivity contribution in [3.05, 3.63) is 23.0 Å². The zero-order chi connectivity index (χ0) is 14.5. The number of unbranched alkanes of at least 4 members (excludes halogenated alkanes) is 5. The first kappa shape index (κ1) is 18.3. The maximum Gasteiger partial charge on any atom is 0.120 e. The molecular weight excluding hydrogens is 232 g/mol. The zero-order valence-electron chi connectivity index (χ0n) is 13.8. The maximum absolute atomic E-state index is 5.65. The largest absolute Gasteiger partial charge is 0.497 e. The van der Waals surface area contributed by atoms with Crippen molar-refractivity contribution in [3.8, 4) is 0 Å². The molecule has 0 saturated heterocycles. The summed E-state index contributed by atoms with van der Waals surface area (Å²) in [5.41, 5.74) is 2.80. The Kier molecular flexibility index (Phi) is 11.9. The van der Waals surface area contributed by atoms with Gasteiger partial charge in [0.1, 0.15) is 5.76 Å². The van der Waals surface area contributed by atoms with Crippen LogP contribution in [-0.4, -0.2) is 7.11 Å². The van der Waals surface area contributed by atoms with Gasteiger partial charge in [0.05, 0.1) is 7.11 Å². The van der Waals surface area contributed by atoms with Crippen molar-refractivity contribution in [2.24, 2.45) is 0 Å². The first-order valence-corrected chi connectivity index (χ1v) is 8.10.